The summed E-state index contributed by atoms with van der Waals surface area (Å²) in [5.41, 5.74) is 0. The largest absolute Gasteiger partial charge is 0.381 e. The second-order valence-corrected chi connectivity index (χ2v) is 8.18. The van der Waals surface area contributed by atoms with E-state index in [0.717, 1.165) is 6.54 Å². The molecule has 0 amide bonds. The zero-order valence-electron chi connectivity index (χ0n) is 13.3. The van der Waals surface area contributed by atoms with Crippen molar-refractivity contribution in [2.45, 2.75) is 31.4 Å². The number of hydrogen-bond donors (Lipinski definition) is 2. The van der Waals surface area contributed by atoms with Gasteiger partial charge in [-0.1, -0.05) is 13.8 Å². The van der Waals surface area contributed by atoms with Crippen LogP contribution in [0.2, 0.25) is 0 Å². The van der Waals surface area contributed by atoms with Crippen molar-refractivity contribution in [3.05, 3.63) is 0 Å². The maximum atomic E-state index is 12.1. The van der Waals surface area contributed by atoms with Crippen molar-refractivity contribution in [1.82, 2.24) is 10.6 Å². The van der Waals surface area contributed by atoms with Crippen LogP contribution in [-0.2, 0) is 14.6 Å². The lowest BCUT2D eigenvalue weighted by atomic mass is 9.99. The highest BCUT2D eigenvalue weighted by Crippen LogP contribution is 2.28. The van der Waals surface area contributed by atoms with Crippen molar-refractivity contribution in [1.29, 1.82) is 0 Å². The van der Waals surface area contributed by atoms with E-state index in [1.165, 1.54) is 6.26 Å². The summed E-state index contributed by atoms with van der Waals surface area (Å²) in [5, 5.41) is 6.34. The fourth-order valence-corrected chi connectivity index (χ4v) is 3.43. The lowest BCUT2D eigenvalue weighted by Crippen LogP contribution is -2.53. The Bertz CT molecular complexity index is 432. The van der Waals surface area contributed by atoms with Gasteiger partial charge in [-0.2, -0.15) is 0 Å². The van der Waals surface area contributed by atoms with Crippen molar-refractivity contribution in [3.8, 4) is 0 Å². The Morgan fingerprint density at radius 1 is 1.29 bits per heavy atom. The van der Waals surface area contributed by atoms with Gasteiger partial charge in [-0.25, -0.2) is 8.42 Å². The van der Waals surface area contributed by atoms with E-state index in [1.54, 1.807) is 7.05 Å². The molecule has 1 aliphatic rings. The van der Waals surface area contributed by atoms with Crippen LogP contribution in [0.15, 0.2) is 4.99 Å². The molecule has 0 aromatic heterocycles. The van der Waals surface area contributed by atoms with Gasteiger partial charge in [-0.05, 0) is 18.8 Å². The van der Waals surface area contributed by atoms with Crippen LogP contribution in [0, 0.1) is 5.92 Å². The predicted octanol–water partition coefficient (Wildman–Crippen LogP) is 1.02. The molecular formula is C13H28IN3O3S. The van der Waals surface area contributed by atoms with Gasteiger partial charge in [0, 0.05) is 39.6 Å². The van der Waals surface area contributed by atoms with Crippen LogP contribution in [0.3, 0.4) is 0 Å². The van der Waals surface area contributed by atoms with Gasteiger partial charge >= 0.3 is 0 Å². The maximum absolute atomic E-state index is 12.1. The molecule has 0 saturated carbocycles. The zero-order chi connectivity index (χ0) is 15.2. The van der Waals surface area contributed by atoms with Crippen LogP contribution in [0.5, 0.6) is 0 Å². The topological polar surface area (TPSA) is 79.8 Å². The zero-order valence-corrected chi connectivity index (χ0v) is 16.5. The lowest BCUT2D eigenvalue weighted by Gasteiger charge is -2.35. The third-order valence-corrected chi connectivity index (χ3v) is 5.80. The number of hydrogen-bond acceptors (Lipinski definition) is 4. The number of guanidine groups is 1. The van der Waals surface area contributed by atoms with Crippen LogP contribution in [0.4, 0.5) is 0 Å². The molecule has 0 atom stereocenters. The molecule has 1 fully saturated rings. The minimum absolute atomic E-state index is 0. The van der Waals surface area contributed by atoms with E-state index in [4.69, 9.17) is 4.74 Å². The fraction of sp³-hybridized carbons (Fsp3) is 0.923. The number of ether oxygens (including phenoxy) is 1. The Balaban J connectivity index is 0.00000400. The molecule has 0 aromatic carbocycles. The molecule has 1 rings (SSSR count). The summed E-state index contributed by atoms with van der Waals surface area (Å²) < 4.78 is 28.8. The first-order chi connectivity index (χ1) is 9.31. The number of rotatable bonds is 5. The summed E-state index contributed by atoms with van der Waals surface area (Å²) >= 11 is 0. The monoisotopic (exact) mass is 433 g/mol. The highest BCUT2D eigenvalue weighted by Gasteiger charge is 2.42. The molecule has 1 heterocycles. The van der Waals surface area contributed by atoms with E-state index in [-0.39, 0.29) is 24.0 Å². The number of nitrogens with zero attached hydrogens (tertiary/aromatic N) is 1. The van der Waals surface area contributed by atoms with Gasteiger partial charge in [0.1, 0.15) is 0 Å². The third-order valence-electron chi connectivity index (χ3n) is 3.67. The number of nitrogens with one attached hydrogen (secondary N) is 2. The summed E-state index contributed by atoms with van der Waals surface area (Å²) in [5.74, 6) is 1.15. The summed E-state index contributed by atoms with van der Waals surface area (Å²) in [6.07, 6.45) is 2.37. The number of aliphatic imine (C=N–C) groups is 1. The number of sulfone groups is 1. The minimum Gasteiger partial charge on any atom is -0.381 e. The summed E-state index contributed by atoms with van der Waals surface area (Å²) in [6, 6.07) is 0. The van der Waals surface area contributed by atoms with Gasteiger partial charge in [0.15, 0.2) is 15.8 Å². The summed E-state index contributed by atoms with van der Waals surface area (Å²) in [4.78, 5) is 4.13. The van der Waals surface area contributed by atoms with E-state index >= 15 is 0 Å². The summed E-state index contributed by atoms with van der Waals surface area (Å²) in [6.45, 7) is 6.37. The Morgan fingerprint density at radius 3 is 2.29 bits per heavy atom. The molecule has 2 N–H and O–H groups in total. The smallest absolute Gasteiger partial charge is 0.191 e. The molecule has 0 radical (unpaired) electrons. The minimum atomic E-state index is -3.15. The first kappa shape index (κ1) is 20.9. The standard InChI is InChI=1S/C13H27N3O3S.HI/c1-11(2)9-15-12(14-3)16-10-13(20(4,17)18)5-7-19-8-6-13;/h11H,5-10H2,1-4H3,(H2,14,15,16);1H. The number of halogens is 1. The van der Waals surface area contributed by atoms with Gasteiger partial charge in [0.05, 0.1) is 4.75 Å². The fourth-order valence-electron chi connectivity index (χ4n) is 2.19. The van der Waals surface area contributed by atoms with E-state index in [1.807, 2.05) is 0 Å². The van der Waals surface area contributed by atoms with Gasteiger partial charge in [-0.15, -0.1) is 24.0 Å². The van der Waals surface area contributed by atoms with Crippen molar-refractivity contribution >= 4 is 39.8 Å². The first-order valence-corrected chi connectivity index (χ1v) is 8.92. The molecule has 0 unspecified atom stereocenters. The molecular weight excluding hydrogens is 405 g/mol. The molecule has 0 aliphatic carbocycles. The Labute approximate surface area is 145 Å². The molecule has 126 valence electrons. The first-order valence-electron chi connectivity index (χ1n) is 7.02. The van der Waals surface area contributed by atoms with Gasteiger partial charge < -0.3 is 15.4 Å². The molecule has 6 nitrogen and oxygen atoms in total. The van der Waals surface area contributed by atoms with Crippen molar-refractivity contribution in [3.63, 3.8) is 0 Å². The maximum Gasteiger partial charge on any atom is 0.191 e. The second-order valence-electron chi connectivity index (χ2n) is 5.77. The van der Waals surface area contributed by atoms with Crippen LogP contribution < -0.4 is 10.6 Å². The molecule has 8 heteroatoms. The molecule has 1 saturated heterocycles. The molecule has 21 heavy (non-hydrogen) atoms. The highest BCUT2D eigenvalue weighted by molar-refractivity contribution is 14.0. The van der Waals surface area contributed by atoms with E-state index in [0.29, 0.717) is 44.5 Å². The Kier molecular flexibility index (Phi) is 9.10. The van der Waals surface area contributed by atoms with Crippen LogP contribution in [0.1, 0.15) is 26.7 Å². The van der Waals surface area contributed by atoms with Crippen LogP contribution in [-0.4, -0.2) is 58.7 Å². The molecule has 0 aromatic rings. The van der Waals surface area contributed by atoms with Gasteiger partial charge in [0.25, 0.3) is 0 Å². The van der Waals surface area contributed by atoms with E-state index < -0.39 is 14.6 Å². The SMILES string of the molecule is CN=C(NCC(C)C)NCC1(S(C)(=O)=O)CCOCC1.I. The van der Waals surface area contributed by atoms with Crippen molar-refractivity contribution in [2.24, 2.45) is 10.9 Å². The molecule has 0 bridgehead atoms. The Morgan fingerprint density at radius 2 is 1.86 bits per heavy atom. The highest BCUT2D eigenvalue weighted by atomic mass is 127. The normalized spacial score (nSPS) is 19.0. The lowest BCUT2D eigenvalue weighted by molar-refractivity contribution is 0.0756. The molecule has 0 spiro atoms. The summed E-state index contributed by atoms with van der Waals surface area (Å²) in [7, 11) is -1.46. The average Bonchev–Trinajstić information content (AvgIpc) is 2.38. The van der Waals surface area contributed by atoms with E-state index in [9.17, 15) is 8.42 Å². The Hall–Kier alpha value is -0.0900. The van der Waals surface area contributed by atoms with Gasteiger partial charge in [0.2, 0.25) is 0 Å². The van der Waals surface area contributed by atoms with E-state index in [2.05, 4.69) is 29.5 Å². The van der Waals surface area contributed by atoms with Gasteiger partial charge in [-0.3, -0.25) is 4.99 Å². The second kappa shape index (κ2) is 9.14. The van der Waals surface area contributed by atoms with Crippen molar-refractivity contribution in [2.75, 3.05) is 39.6 Å². The average molecular weight is 433 g/mol. The van der Waals surface area contributed by atoms with Crippen molar-refractivity contribution < 1.29 is 13.2 Å². The predicted molar refractivity (Wildman–Crippen MR) is 97.2 cm³/mol. The quantitative estimate of drug-likeness (QED) is 0.385. The molecule has 1 aliphatic heterocycles. The van der Waals surface area contributed by atoms with Crippen LogP contribution >= 0.6 is 24.0 Å². The van der Waals surface area contributed by atoms with Crippen LogP contribution in [0.25, 0.3) is 0 Å². The third kappa shape index (κ3) is 6.27.